The number of aliphatic carboxylic acids is 1. The SMILES string of the molecule is Cc1ccc(S(=O)(=O)N(CCC(=O)N2CCNCC2)CCc2ccccc2)cc1C.O=C(O)C(F)(F)F. The molecule has 1 fully saturated rings. The van der Waals surface area contributed by atoms with Crippen LogP contribution in [-0.2, 0) is 26.0 Å². The van der Waals surface area contributed by atoms with Gasteiger partial charge in [-0.15, -0.1) is 0 Å². The number of halogens is 3. The maximum Gasteiger partial charge on any atom is 0.490 e. The Bertz CT molecular complexity index is 1150. The number of nitrogens with zero attached hydrogens (tertiary/aromatic N) is 2. The lowest BCUT2D eigenvalue weighted by molar-refractivity contribution is -0.192. The minimum Gasteiger partial charge on any atom is -0.475 e. The highest BCUT2D eigenvalue weighted by Gasteiger charge is 2.38. The summed E-state index contributed by atoms with van der Waals surface area (Å²) in [6.07, 6.45) is -4.29. The van der Waals surface area contributed by atoms with Crippen LogP contribution in [0, 0.1) is 13.8 Å². The second kappa shape index (κ2) is 13.5. The predicted octanol–water partition coefficient (Wildman–Crippen LogP) is 2.99. The number of amides is 1. The van der Waals surface area contributed by atoms with Gasteiger partial charge in [-0.25, -0.2) is 13.2 Å². The summed E-state index contributed by atoms with van der Waals surface area (Å²) in [5.41, 5.74) is 3.07. The molecule has 0 unspecified atom stereocenters. The number of sulfonamides is 1. The molecule has 1 saturated heterocycles. The van der Waals surface area contributed by atoms with E-state index in [4.69, 9.17) is 9.90 Å². The first-order valence-corrected chi connectivity index (χ1v) is 13.2. The van der Waals surface area contributed by atoms with E-state index in [0.717, 1.165) is 29.8 Å². The van der Waals surface area contributed by atoms with E-state index in [-0.39, 0.29) is 23.8 Å². The number of hydrogen-bond acceptors (Lipinski definition) is 5. The first kappa shape index (κ1) is 30.3. The van der Waals surface area contributed by atoms with Gasteiger partial charge in [-0.3, -0.25) is 4.79 Å². The summed E-state index contributed by atoms with van der Waals surface area (Å²) in [5, 5.41) is 10.4. The fourth-order valence-electron chi connectivity index (χ4n) is 3.57. The number of aryl methyl sites for hydroxylation is 2. The Morgan fingerprint density at radius 3 is 2.14 bits per heavy atom. The molecule has 2 N–H and O–H groups in total. The first-order valence-electron chi connectivity index (χ1n) is 11.7. The Morgan fingerprint density at radius 1 is 1.00 bits per heavy atom. The van der Waals surface area contributed by atoms with Crippen LogP contribution >= 0.6 is 0 Å². The van der Waals surface area contributed by atoms with Gasteiger partial charge < -0.3 is 15.3 Å². The summed E-state index contributed by atoms with van der Waals surface area (Å²) in [5.74, 6) is -2.75. The quantitative estimate of drug-likeness (QED) is 0.530. The van der Waals surface area contributed by atoms with Gasteiger partial charge in [0.1, 0.15) is 0 Å². The number of carbonyl (C=O) groups is 2. The lowest BCUT2D eigenvalue weighted by Gasteiger charge is -2.29. The minimum atomic E-state index is -5.08. The zero-order chi connectivity index (χ0) is 27.6. The number of nitrogens with one attached hydrogen (secondary N) is 1. The van der Waals surface area contributed by atoms with Gasteiger partial charge in [-0.1, -0.05) is 36.4 Å². The standard InChI is InChI=1S/C23H31N3O3S.C2HF3O2/c1-19-8-9-22(18-20(19)2)30(28,29)26(14-10-21-6-4-3-5-7-21)15-11-23(27)25-16-12-24-13-17-25;3-2(4,5)1(6)7/h3-9,18,24H,10-17H2,1-2H3;(H,6,7). The molecule has 1 amide bonds. The largest absolute Gasteiger partial charge is 0.490 e. The summed E-state index contributed by atoms with van der Waals surface area (Å²) in [6.45, 7) is 7.31. The molecule has 0 saturated carbocycles. The minimum absolute atomic E-state index is 0.0106. The molecule has 37 heavy (non-hydrogen) atoms. The maximum atomic E-state index is 13.4. The van der Waals surface area contributed by atoms with Crippen LogP contribution in [0.15, 0.2) is 53.4 Å². The fourth-order valence-corrected chi connectivity index (χ4v) is 5.09. The molecule has 204 valence electrons. The third-order valence-corrected chi connectivity index (χ3v) is 7.79. The topological polar surface area (TPSA) is 107 Å². The third-order valence-electron chi connectivity index (χ3n) is 5.90. The van der Waals surface area contributed by atoms with Gasteiger partial charge >= 0.3 is 12.1 Å². The van der Waals surface area contributed by atoms with Gasteiger partial charge in [-0.2, -0.15) is 17.5 Å². The van der Waals surface area contributed by atoms with Crippen LogP contribution in [0.5, 0.6) is 0 Å². The average Bonchev–Trinajstić information content (AvgIpc) is 2.86. The normalized spacial score (nSPS) is 14.2. The van der Waals surface area contributed by atoms with Gasteiger partial charge in [0.15, 0.2) is 0 Å². The Balaban J connectivity index is 0.000000604. The van der Waals surface area contributed by atoms with Crippen molar-refractivity contribution in [1.29, 1.82) is 0 Å². The smallest absolute Gasteiger partial charge is 0.475 e. The summed E-state index contributed by atoms with van der Waals surface area (Å²) in [7, 11) is -3.69. The van der Waals surface area contributed by atoms with Gasteiger partial charge in [-0.05, 0) is 49.1 Å². The van der Waals surface area contributed by atoms with Crippen LogP contribution in [0.3, 0.4) is 0 Å². The van der Waals surface area contributed by atoms with E-state index < -0.39 is 22.2 Å². The Kier molecular flexibility index (Phi) is 11.1. The van der Waals surface area contributed by atoms with Crippen molar-refractivity contribution in [2.45, 2.75) is 37.8 Å². The number of benzene rings is 2. The summed E-state index contributed by atoms with van der Waals surface area (Å²) >= 11 is 0. The highest BCUT2D eigenvalue weighted by molar-refractivity contribution is 7.89. The Morgan fingerprint density at radius 2 is 1.59 bits per heavy atom. The number of carboxylic acid groups (broad SMARTS) is 1. The zero-order valence-corrected chi connectivity index (χ0v) is 21.6. The molecule has 12 heteroatoms. The molecular weight excluding hydrogens is 511 g/mol. The van der Waals surface area contributed by atoms with Crippen LogP contribution in [0.1, 0.15) is 23.1 Å². The molecule has 2 aromatic rings. The van der Waals surface area contributed by atoms with E-state index in [2.05, 4.69) is 5.32 Å². The van der Waals surface area contributed by atoms with Crippen LogP contribution in [0.25, 0.3) is 0 Å². The van der Waals surface area contributed by atoms with Crippen LogP contribution in [-0.4, -0.2) is 80.1 Å². The molecule has 0 radical (unpaired) electrons. The second-order valence-corrected chi connectivity index (χ2v) is 10.5. The fraction of sp³-hybridized carbons (Fsp3) is 0.440. The van der Waals surface area contributed by atoms with E-state index in [0.29, 0.717) is 26.1 Å². The number of rotatable bonds is 8. The molecule has 0 aliphatic carbocycles. The monoisotopic (exact) mass is 543 g/mol. The summed E-state index contributed by atoms with van der Waals surface area (Å²) in [6, 6.07) is 15.0. The Hall–Kier alpha value is -2.96. The molecule has 0 aromatic heterocycles. The van der Waals surface area contributed by atoms with Crippen molar-refractivity contribution in [2.24, 2.45) is 0 Å². The third kappa shape index (κ3) is 9.45. The van der Waals surface area contributed by atoms with E-state index in [1.807, 2.05) is 55.1 Å². The van der Waals surface area contributed by atoms with Crippen LogP contribution in [0.2, 0.25) is 0 Å². The van der Waals surface area contributed by atoms with Gasteiger partial charge in [0.25, 0.3) is 0 Å². The van der Waals surface area contributed by atoms with Crippen molar-refractivity contribution in [3.8, 4) is 0 Å². The molecule has 2 aromatic carbocycles. The lowest BCUT2D eigenvalue weighted by atomic mass is 10.1. The molecule has 0 bridgehead atoms. The highest BCUT2D eigenvalue weighted by atomic mass is 32.2. The molecule has 1 aliphatic rings. The lowest BCUT2D eigenvalue weighted by Crippen LogP contribution is -2.47. The number of hydrogen-bond donors (Lipinski definition) is 2. The van der Waals surface area contributed by atoms with Gasteiger partial charge in [0.05, 0.1) is 4.90 Å². The first-order chi connectivity index (χ1) is 17.3. The van der Waals surface area contributed by atoms with E-state index in [9.17, 15) is 26.4 Å². The van der Waals surface area contributed by atoms with Gasteiger partial charge in [0, 0.05) is 45.7 Å². The maximum absolute atomic E-state index is 13.4. The van der Waals surface area contributed by atoms with Crippen molar-refractivity contribution in [3.63, 3.8) is 0 Å². The zero-order valence-electron chi connectivity index (χ0n) is 20.8. The van der Waals surface area contributed by atoms with Crippen LogP contribution < -0.4 is 5.32 Å². The van der Waals surface area contributed by atoms with Crippen molar-refractivity contribution < 1.29 is 36.3 Å². The van der Waals surface area contributed by atoms with Crippen molar-refractivity contribution in [2.75, 3.05) is 39.3 Å². The molecule has 0 atom stereocenters. The summed E-state index contributed by atoms with van der Waals surface area (Å²) < 4.78 is 60.0. The van der Waals surface area contributed by atoms with E-state index in [1.54, 1.807) is 12.1 Å². The molecular formula is C25H32F3N3O5S. The van der Waals surface area contributed by atoms with Crippen LogP contribution in [0.4, 0.5) is 13.2 Å². The number of piperazine rings is 1. The number of carboxylic acids is 1. The second-order valence-electron chi connectivity index (χ2n) is 8.57. The predicted molar refractivity (Wildman–Crippen MR) is 133 cm³/mol. The average molecular weight is 544 g/mol. The highest BCUT2D eigenvalue weighted by Crippen LogP contribution is 2.20. The Labute approximate surface area is 215 Å². The van der Waals surface area contributed by atoms with Gasteiger partial charge in [0.2, 0.25) is 15.9 Å². The molecule has 1 heterocycles. The van der Waals surface area contributed by atoms with E-state index in [1.165, 1.54) is 4.31 Å². The summed E-state index contributed by atoms with van der Waals surface area (Å²) in [4.78, 5) is 23.6. The molecule has 0 spiro atoms. The van der Waals surface area contributed by atoms with Crippen molar-refractivity contribution in [3.05, 3.63) is 65.2 Å². The molecule has 8 nitrogen and oxygen atoms in total. The molecule has 3 rings (SSSR count). The van der Waals surface area contributed by atoms with Crippen molar-refractivity contribution in [1.82, 2.24) is 14.5 Å². The number of alkyl halides is 3. The van der Waals surface area contributed by atoms with E-state index >= 15 is 0 Å². The molecule has 1 aliphatic heterocycles. The number of carbonyl (C=O) groups excluding carboxylic acids is 1. The van der Waals surface area contributed by atoms with Crippen molar-refractivity contribution >= 4 is 21.9 Å².